The lowest BCUT2D eigenvalue weighted by Gasteiger charge is -2.27. The van der Waals surface area contributed by atoms with Gasteiger partial charge < -0.3 is 10.1 Å². The number of halogens is 1. The molecule has 0 aliphatic rings. The van der Waals surface area contributed by atoms with Crippen molar-refractivity contribution < 1.29 is 9.53 Å². The van der Waals surface area contributed by atoms with Crippen molar-refractivity contribution in [2.75, 3.05) is 12.4 Å². The smallest absolute Gasteiger partial charge is 0.255 e. The van der Waals surface area contributed by atoms with Crippen LogP contribution in [-0.4, -0.2) is 28.9 Å². The average molecular weight is 301 g/mol. The van der Waals surface area contributed by atoms with Gasteiger partial charge in [-0.1, -0.05) is 22.9 Å². The van der Waals surface area contributed by atoms with Gasteiger partial charge in [-0.05, 0) is 19.4 Å². The SMILES string of the molecule is CCC(C)(CBr)NC(=O)c1ccncc1OC. The van der Waals surface area contributed by atoms with Gasteiger partial charge in [-0.2, -0.15) is 0 Å². The Labute approximate surface area is 110 Å². The summed E-state index contributed by atoms with van der Waals surface area (Å²) < 4.78 is 5.11. The zero-order chi connectivity index (χ0) is 12.9. The highest BCUT2D eigenvalue weighted by atomic mass is 79.9. The number of alkyl halides is 1. The fourth-order valence-corrected chi connectivity index (χ4v) is 1.82. The van der Waals surface area contributed by atoms with Gasteiger partial charge in [0.15, 0.2) is 0 Å². The molecule has 1 aromatic heterocycles. The lowest BCUT2D eigenvalue weighted by Crippen LogP contribution is -2.47. The zero-order valence-corrected chi connectivity index (χ0v) is 11.9. The van der Waals surface area contributed by atoms with Crippen LogP contribution in [0.15, 0.2) is 18.5 Å². The number of aromatic nitrogens is 1. The second-order valence-corrected chi connectivity index (χ2v) is 4.64. The molecular weight excluding hydrogens is 284 g/mol. The van der Waals surface area contributed by atoms with Gasteiger partial charge in [0, 0.05) is 17.1 Å². The molecule has 0 spiro atoms. The molecule has 0 fully saturated rings. The predicted octanol–water partition coefficient (Wildman–Crippen LogP) is 2.38. The van der Waals surface area contributed by atoms with E-state index in [2.05, 4.69) is 26.2 Å². The van der Waals surface area contributed by atoms with Crippen molar-refractivity contribution in [1.82, 2.24) is 10.3 Å². The fourth-order valence-electron chi connectivity index (χ4n) is 1.29. The number of nitrogens with one attached hydrogen (secondary N) is 1. The molecule has 1 unspecified atom stereocenters. The molecule has 1 amide bonds. The van der Waals surface area contributed by atoms with Crippen molar-refractivity contribution in [1.29, 1.82) is 0 Å². The molecule has 1 heterocycles. The second kappa shape index (κ2) is 6.00. The molecule has 0 aromatic carbocycles. The molecule has 0 aliphatic carbocycles. The number of carbonyl (C=O) groups is 1. The lowest BCUT2D eigenvalue weighted by atomic mass is 10.0. The van der Waals surface area contributed by atoms with Crippen LogP contribution in [0.2, 0.25) is 0 Å². The number of pyridine rings is 1. The molecule has 0 saturated heterocycles. The number of rotatable bonds is 5. The van der Waals surface area contributed by atoms with Crippen molar-refractivity contribution in [3.63, 3.8) is 0 Å². The Balaban J connectivity index is 2.90. The quantitative estimate of drug-likeness (QED) is 0.850. The van der Waals surface area contributed by atoms with E-state index in [1.165, 1.54) is 13.3 Å². The molecule has 0 saturated carbocycles. The first-order valence-corrected chi connectivity index (χ1v) is 6.55. The molecule has 0 bridgehead atoms. The number of hydrogen-bond acceptors (Lipinski definition) is 3. The summed E-state index contributed by atoms with van der Waals surface area (Å²) in [4.78, 5) is 16.0. The molecule has 94 valence electrons. The molecule has 5 heteroatoms. The van der Waals surface area contributed by atoms with Gasteiger partial charge in [-0.25, -0.2) is 0 Å². The summed E-state index contributed by atoms with van der Waals surface area (Å²) in [5.41, 5.74) is 0.244. The Kier molecular flexibility index (Phi) is 4.93. The molecular formula is C12H17BrN2O2. The highest BCUT2D eigenvalue weighted by Gasteiger charge is 2.24. The van der Waals surface area contributed by atoms with Crippen LogP contribution in [0.4, 0.5) is 0 Å². The number of amides is 1. The summed E-state index contributed by atoms with van der Waals surface area (Å²) in [6, 6.07) is 1.65. The highest BCUT2D eigenvalue weighted by Crippen LogP contribution is 2.18. The Morgan fingerprint density at radius 3 is 2.88 bits per heavy atom. The molecule has 0 aliphatic heterocycles. The zero-order valence-electron chi connectivity index (χ0n) is 10.3. The van der Waals surface area contributed by atoms with Crippen LogP contribution >= 0.6 is 15.9 Å². The summed E-state index contributed by atoms with van der Waals surface area (Å²) >= 11 is 3.41. The van der Waals surface area contributed by atoms with Crippen molar-refractivity contribution in [3.8, 4) is 5.75 Å². The van der Waals surface area contributed by atoms with E-state index in [9.17, 15) is 4.79 Å². The van der Waals surface area contributed by atoms with E-state index in [0.717, 1.165) is 6.42 Å². The van der Waals surface area contributed by atoms with E-state index < -0.39 is 0 Å². The fraction of sp³-hybridized carbons (Fsp3) is 0.500. The number of nitrogens with zero attached hydrogens (tertiary/aromatic N) is 1. The van der Waals surface area contributed by atoms with E-state index >= 15 is 0 Å². The molecule has 0 radical (unpaired) electrons. The average Bonchev–Trinajstić information content (AvgIpc) is 2.38. The van der Waals surface area contributed by atoms with Crippen LogP contribution < -0.4 is 10.1 Å². The molecule has 4 nitrogen and oxygen atoms in total. The molecule has 1 atom stereocenters. The van der Waals surface area contributed by atoms with E-state index in [1.54, 1.807) is 12.3 Å². The second-order valence-electron chi connectivity index (χ2n) is 4.08. The van der Waals surface area contributed by atoms with E-state index in [-0.39, 0.29) is 11.4 Å². The van der Waals surface area contributed by atoms with E-state index in [0.29, 0.717) is 16.6 Å². The lowest BCUT2D eigenvalue weighted by molar-refractivity contribution is 0.0910. The Morgan fingerprint density at radius 2 is 2.35 bits per heavy atom. The minimum absolute atomic E-state index is 0.145. The van der Waals surface area contributed by atoms with Crippen LogP contribution in [0.3, 0.4) is 0 Å². The van der Waals surface area contributed by atoms with Crippen molar-refractivity contribution in [2.45, 2.75) is 25.8 Å². The number of hydrogen-bond donors (Lipinski definition) is 1. The van der Waals surface area contributed by atoms with Crippen LogP contribution in [0.25, 0.3) is 0 Å². The standard InChI is InChI=1S/C12H17BrN2O2/c1-4-12(2,8-13)15-11(16)9-5-6-14-7-10(9)17-3/h5-7H,4,8H2,1-3H3,(H,15,16). The summed E-state index contributed by atoms with van der Waals surface area (Å²) in [6.45, 7) is 4.03. The monoisotopic (exact) mass is 300 g/mol. The minimum Gasteiger partial charge on any atom is -0.494 e. The summed E-state index contributed by atoms with van der Waals surface area (Å²) in [5.74, 6) is 0.339. The van der Waals surface area contributed by atoms with Gasteiger partial charge in [0.25, 0.3) is 5.91 Å². The maximum absolute atomic E-state index is 12.1. The molecule has 17 heavy (non-hydrogen) atoms. The van der Waals surface area contributed by atoms with Gasteiger partial charge in [0.2, 0.25) is 0 Å². The largest absolute Gasteiger partial charge is 0.494 e. The van der Waals surface area contributed by atoms with E-state index in [1.807, 2.05) is 13.8 Å². The van der Waals surface area contributed by atoms with Crippen molar-refractivity contribution in [3.05, 3.63) is 24.0 Å². The third kappa shape index (κ3) is 3.43. The number of ether oxygens (including phenoxy) is 1. The third-order valence-corrected chi connectivity index (χ3v) is 3.98. The summed E-state index contributed by atoms with van der Waals surface area (Å²) in [7, 11) is 1.53. The first-order valence-electron chi connectivity index (χ1n) is 5.43. The minimum atomic E-state index is -0.259. The first-order chi connectivity index (χ1) is 8.06. The Morgan fingerprint density at radius 1 is 1.65 bits per heavy atom. The maximum Gasteiger partial charge on any atom is 0.255 e. The Bertz CT molecular complexity index is 392. The van der Waals surface area contributed by atoms with Gasteiger partial charge >= 0.3 is 0 Å². The maximum atomic E-state index is 12.1. The summed E-state index contributed by atoms with van der Waals surface area (Å²) in [5, 5.41) is 3.69. The van der Waals surface area contributed by atoms with Crippen LogP contribution in [0.5, 0.6) is 5.75 Å². The van der Waals surface area contributed by atoms with Crippen molar-refractivity contribution in [2.24, 2.45) is 0 Å². The first kappa shape index (κ1) is 14.0. The van der Waals surface area contributed by atoms with Gasteiger partial charge in [-0.3, -0.25) is 9.78 Å². The van der Waals surface area contributed by atoms with Crippen LogP contribution in [-0.2, 0) is 0 Å². The van der Waals surface area contributed by atoms with Gasteiger partial charge in [-0.15, -0.1) is 0 Å². The van der Waals surface area contributed by atoms with Crippen LogP contribution in [0.1, 0.15) is 30.6 Å². The summed E-state index contributed by atoms with van der Waals surface area (Å²) in [6.07, 6.45) is 3.96. The number of carbonyl (C=O) groups excluding carboxylic acids is 1. The molecule has 1 aromatic rings. The van der Waals surface area contributed by atoms with Gasteiger partial charge in [0.05, 0.1) is 18.9 Å². The van der Waals surface area contributed by atoms with Gasteiger partial charge in [0.1, 0.15) is 5.75 Å². The highest BCUT2D eigenvalue weighted by molar-refractivity contribution is 9.09. The third-order valence-electron chi connectivity index (χ3n) is 2.74. The molecule has 1 rings (SSSR count). The molecule has 1 N–H and O–H groups in total. The Hall–Kier alpha value is -1.10. The van der Waals surface area contributed by atoms with Crippen molar-refractivity contribution >= 4 is 21.8 Å². The van der Waals surface area contributed by atoms with E-state index in [4.69, 9.17) is 4.74 Å². The topological polar surface area (TPSA) is 51.2 Å². The normalized spacial score (nSPS) is 13.9. The predicted molar refractivity (Wildman–Crippen MR) is 70.7 cm³/mol. The number of methoxy groups -OCH3 is 1. The van der Waals surface area contributed by atoms with Crippen LogP contribution in [0, 0.1) is 0 Å².